The van der Waals surface area contributed by atoms with Crippen LogP contribution in [0.3, 0.4) is 0 Å². The summed E-state index contributed by atoms with van der Waals surface area (Å²) in [6, 6.07) is 0. The van der Waals surface area contributed by atoms with Crippen molar-refractivity contribution in [2.75, 3.05) is 6.61 Å². The zero-order valence-corrected chi connectivity index (χ0v) is 8.62. The van der Waals surface area contributed by atoms with Crippen molar-refractivity contribution >= 4 is 0 Å². The minimum Gasteiger partial charge on any atom is -0.312 e. The number of hydrogen-bond donors (Lipinski definition) is 0. The Kier molecular flexibility index (Phi) is 6.07. The summed E-state index contributed by atoms with van der Waals surface area (Å²) in [5.41, 5.74) is 0. The lowest BCUT2D eigenvalue weighted by molar-refractivity contribution is -0.790. The lowest BCUT2D eigenvalue weighted by Gasteiger charge is -2.14. The van der Waals surface area contributed by atoms with Crippen molar-refractivity contribution in [2.45, 2.75) is 32.8 Å². The molecule has 0 aliphatic carbocycles. The van der Waals surface area contributed by atoms with E-state index < -0.39 is 22.9 Å². The fourth-order valence-electron chi connectivity index (χ4n) is 0.951. The smallest absolute Gasteiger partial charge is 0.294 e. The Morgan fingerprint density at radius 2 is 1.73 bits per heavy atom. The molecule has 1 atom stereocenters. The van der Waals surface area contributed by atoms with Gasteiger partial charge in [-0.25, -0.2) is 0 Å². The molecule has 8 nitrogen and oxygen atoms in total. The van der Waals surface area contributed by atoms with Crippen LogP contribution in [0, 0.1) is 26.1 Å². The van der Waals surface area contributed by atoms with E-state index in [2.05, 4.69) is 9.68 Å². The molecule has 0 N–H and O–H groups in total. The molecular weight excluding hydrogens is 208 g/mol. The second kappa shape index (κ2) is 6.80. The highest BCUT2D eigenvalue weighted by Crippen LogP contribution is 2.10. The van der Waals surface area contributed by atoms with Gasteiger partial charge in [0.15, 0.2) is 0 Å². The molecule has 0 saturated heterocycles. The molecule has 0 aromatic carbocycles. The summed E-state index contributed by atoms with van der Waals surface area (Å²) in [6.45, 7) is 3.47. The first-order valence-corrected chi connectivity index (χ1v) is 4.50. The fourth-order valence-corrected chi connectivity index (χ4v) is 0.951. The summed E-state index contributed by atoms with van der Waals surface area (Å²) in [6.07, 6.45) is 0.152. The molecule has 0 rings (SSSR count). The first-order valence-electron chi connectivity index (χ1n) is 4.50. The van der Waals surface area contributed by atoms with Crippen molar-refractivity contribution in [3.05, 3.63) is 20.2 Å². The van der Waals surface area contributed by atoms with Gasteiger partial charge in [-0.05, 0) is 18.8 Å². The van der Waals surface area contributed by atoms with E-state index >= 15 is 0 Å². The van der Waals surface area contributed by atoms with Gasteiger partial charge in [-0.15, -0.1) is 20.2 Å². The average Bonchev–Trinajstić information content (AvgIpc) is 2.08. The third-order valence-electron chi connectivity index (χ3n) is 1.67. The third-order valence-corrected chi connectivity index (χ3v) is 1.67. The Morgan fingerprint density at radius 3 is 2.13 bits per heavy atom. The maximum absolute atomic E-state index is 10.1. The summed E-state index contributed by atoms with van der Waals surface area (Å²) in [7, 11) is 0. The van der Waals surface area contributed by atoms with E-state index in [9.17, 15) is 20.2 Å². The standard InChI is InChI=1S/C7H14N2O6/c1-6(2)3-4-7(15-9(12)13)5-14-8(10)11/h6-7H,3-5H2,1-2H3/t7-/m0/s1. The second-order valence-corrected chi connectivity index (χ2v) is 3.44. The van der Waals surface area contributed by atoms with Gasteiger partial charge in [-0.2, -0.15) is 0 Å². The van der Waals surface area contributed by atoms with Crippen molar-refractivity contribution < 1.29 is 19.8 Å². The molecule has 0 fully saturated rings. The van der Waals surface area contributed by atoms with Crippen LogP contribution in [0.5, 0.6) is 0 Å². The molecule has 8 heteroatoms. The Balaban J connectivity index is 3.94. The highest BCUT2D eigenvalue weighted by molar-refractivity contribution is 4.56. The zero-order valence-electron chi connectivity index (χ0n) is 8.62. The van der Waals surface area contributed by atoms with E-state index in [1.54, 1.807) is 0 Å². The van der Waals surface area contributed by atoms with Crippen LogP contribution in [-0.4, -0.2) is 22.9 Å². The average molecular weight is 222 g/mol. The molecule has 0 radical (unpaired) electrons. The maximum Gasteiger partial charge on any atom is 0.294 e. The molecule has 0 spiro atoms. The van der Waals surface area contributed by atoms with Gasteiger partial charge in [0.1, 0.15) is 12.7 Å². The van der Waals surface area contributed by atoms with Crippen molar-refractivity contribution in [3.63, 3.8) is 0 Å². The minimum atomic E-state index is -0.994. The second-order valence-electron chi connectivity index (χ2n) is 3.44. The maximum atomic E-state index is 10.1. The van der Waals surface area contributed by atoms with Crippen LogP contribution in [0.25, 0.3) is 0 Å². The van der Waals surface area contributed by atoms with Gasteiger partial charge in [-0.1, -0.05) is 13.8 Å². The lowest BCUT2D eigenvalue weighted by Crippen LogP contribution is -2.25. The first-order chi connectivity index (χ1) is 6.91. The Labute approximate surface area is 86.4 Å². The zero-order chi connectivity index (χ0) is 11.8. The number of nitrogens with zero attached hydrogens (tertiary/aromatic N) is 2. The third kappa shape index (κ3) is 8.72. The van der Waals surface area contributed by atoms with Crippen molar-refractivity contribution in [2.24, 2.45) is 5.92 Å². The number of rotatable bonds is 8. The Morgan fingerprint density at radius 1 is 1.13 bits per heavy atom. The van der Waals surface area contributed by atoms with Gasteiger partial charge in [-0.3, -0.25) is 0 Å². The SMILES string of the molecule is CC(C)CC[C@@H](CO[N+](=O)[O-])O[N+](=O)[O-]. The van der Waals surface area contributed by atoms with Gasteiger partial charge < -0.3 is 9.68 Å². The Bertz CT molecular complexity index is 220. The highest BCUT2D eigenvalue weighted by atomic mass is 17.0. The van der Waals surface area contributed by atoms with Gasteiger partial charge >= 0.3 is 0 Å². The molecule has 0 heterocycles. The monoisotopic (exact) mass is 222 g/mol. The van der Waals surface area contributed by atoms with E-state index in [0.717, 1.165) is 0 Å². The van der Waals surface area contributed by atoms with Crippen LogP contribution in [0.2, 0.25) is 0 Å². The van der Waals surface area contributed by atoms with Crippen molar-refractivity contribution in [3.8, 4) is 0 Å². The molecular formula is C7H14N2O6. The van der Waals surface area contributed by atoms with Crippen LogP contribution < -0.4 is 0 Å². The van der Waals surface area contributed by atoms with E-state index in [-0.39, 0.29) is 0 Å². The summed E-state index contributed by atoms with van der Waals surface area (Å²) < 4.78 is 0. The van der Waals surface area contributed by atoms with Crippen LogP contribution >= 0.6 is 0 Å². The van der Waals surface area contributed by atoms with Crippen LogP contribution in [0.1, 0.15) is 26.7 Å². The first kappa shape index (κ1) is 13.4. The molecule has 0 amide bonds. The van der Waals surface area contributed by atoms with Crippen LogP contribution in [-0.2, 0) is 9.68 Å². The van der Waals surface area contributed by atoms with E-state index in [1.807, 2.05) is 13.8 Å². The molecule has 0 bridgehead atoms. The summed E-state index contributed by atoms with van der Waals surface area (Å²) in [4.78, 5) is 28.2. The normalized spacial score (nSPS) is 12.2. The quantitative estimate of drug-likeness (QED) is 0.451. The largest absolute Gasteiger partial charge is 0.312 e. The minimum absolute atomic E-state index is 0.346. The van der Waals surface area contributed by atoms with Gasteiger partial charge in [0.25, 0.3) is 10.2 Å². The summed E-state index contributed by atoms with van der Waals surface area (Å²) in [5.74, 6) is 0.346. The van der Waals surface area contributed by atoms with E-state index in [4.69, 9.17) is 0 Å². The highest BCUT2D eigenvalue weighted by Gasteiger charge is 2.15. The lowest BCUT2D eigenvalue weighted by atomic mass is 10.1. The topological polar surface area (TPSA) is 105 Å². The molecule has 15 heavy (non-hydrogen) atoms. The molecule has 0 aliphatic heterocycles. The van der Waals surface area contributed by atoms with Crippen molar-refractivity contribution in [1.29, 1.82) is 0 Å². The number of hydrogen-bond acceptors (Lipinski definition) is 6. The summed E-state index contributed by atoms with van der Waals surface area (Å²) >= 11 is 0. The Hall–Kier alpha value is -1.60. The van der Waals surface area contributed by atoms with Crippen LogP contribution in [0.15, 0.2) is 0 Å². The van der Waals surface area contributed by atoms with Gasteiger partial charge in [0.2, 0.25) is 0 Å². The predicted molar refractivity (Wildman–Crippen MR) is 48.9 cm³/mol. The van der Waals surface area contributed by atoms with Crippen molar-refractivity contribution in [1.82, 2.24) is 0 Å². The predicted octanol–water partition coefficient (Wildman–Crippen LogP) is 1.21. The van der Waals surface area contributed by atoms with Gasteiger partial charge in [0.05, 0.1) is 0 Å². The summed E-state index contributed by atoms with van der Waals surface area (Å²) in [5, 5.41) is 18.0. The molecule has 0 saturated carbocycles. The molecule has 0 unspecified atom stereocenters. The van der Waals surface area contributed by atoms with Crippen LogP contribution in [0.4, 0.5) is 0 Å². The fraction of sp³-hybridized carbons (Fsp3) is 1.00. The molecule has 0 aromatic heterocycles. The molecule has 0 aromatic rings. The molecule has 0 aliphatic rings. The van der Waals surface area contributed by atoms with E-state index in [0.29, 0.717) is 18.8 Å². The molecule has 88 valence electrons. The van der Waals surface area contributed by atoms with Gasteiger partial charge in [0, 0.05) is 0 Å². The van der Waals surface area contributed by atoms with E-state index in [1.165, 1.54) is 0 Å².